The van der Waals surface area contributed by atoms with Crippen LogP contribution in [0.15, 0.2) is 30.3 Å². The number of primary amides is 1. The van der Waals surface area contributed by atoms with Crippen molar-refractivity contribution in [2.75, 3.05) is 5.32 Å². The number of anilines is 1. The summed E-state index contributed by atoms with van der Waals surface area (Å²) >= 11 is 5.95. The van der Waals surface area contributed by atoms with Crippen LogP contribution in [0.3, 0.4) is 0 Å². The van der Waals surface area contributed by atoms with Crippen LogP contribution in [-0.4, -0.2) is 5.91 Å². The average molecular weight is 303 g/mol. The van der Waals surface area contributed by atoms with Gasteiger partial charge in [-0.1, -0.05) is 29.3 Å². The molecule has 0 atom stereocenters. The molecule has 110 valence electrons. The molecule has 2 rings (SSSR count). The Morgan fingerprint density at radius 1 is 1.14 bits per heavy atom. The third kappa shape index (κ3) is 3.56. The fourth-order valence-corrected chi connectivity index (χ4v) is 2.71. The quantitative estimate of drug-likeness (QED) is 0.897. The molecule has 0 aliphatic carbocycles. The van der Waals surface area contributed by atoms with Crippen LogP contribution in [0.4, 0.5) is 5.69 Å². The van der Waals surface area contributed by atoms with Gasteiger partial charge in [0.2, 0.25) is 5.91 Å². The van der Waals surface area contributed by atoms with Crippen molar-refractivity contribution in [3.8, 4) is 0 Å². The summed E-state index contributed by atoms with van der Waals surface area (Å²) in [6.07, 6.45) is 0. The van der Waals surface area contributed by atoms with Crippen LogP contribution in [0.2, 0.25) is 5.02 Å². The highest BCUT2D eigenvalue weighted by Crippen LogP contribution is 2.22. The molecule has 2 aromatic rings. The van der Waals surface area contributed by atoms with E-state index in [1.54, 1.807) is 12.1 Å². The topological polar surface area (TPSA) is 55.1 Å². The van der Waals surface area contributed by atoms with Crippen molar-refractivity contribution in [3.05, 3.63) is 63.2 Å². The maximum absolute atomic E-state index is 11.3. The van der Waals surface area contributed by atoms with E-state index in [9.17, 15) is 4.79 Å². The molecule has 3 nitrogen and oxygen atoms in total. The van der Waals surface area contributed by atoms with E-state index in [1.165, 1.54) is 22.3 Å². The second kappa shape index (κ2) is 6.19. The van der Waals surface area contributed by atoms with Crippen molar-refractivity contribution in [2.45, 2.75) is 27.3 Å². The minimum Gasteiger partial charge on any atom is -0.381 e. The van der Waals surface area contributed by atoms with Crippen molar-refractivity contribution in [1.29, 1.82) is 0 Å². The molecule has 0 aliphatic rings. The van der Waals surface area contributed by atoms with Gasteiger partial charge in [0.15, 0.2) is 0 Å². The second-order valence-electron chi connectivity index (χ2n) is 5.29. The van der Waals surface area contributed by atoms with Gasteiger partial charge in [0, 0.05) is 12.2 Å². The minimum absolute atomic E-state index is 0.332. The van der Waals surface area contributed by atoms with Gasteiger partial charge in [-0.3, -0.25) is 4.79 Å². The molecule has 0 saturated heterocycles. The number of carbonyl (C=O) groups excluding carboxylic acids is 1. The normalized spacial score (nSPS) is 10.5. The summed E-state index contributed by atoms with van der Waals surface area (Å²) in [7, 11) is 0. The van der Waals surface area contributed by atoms with E-state index in [4.69, 9.17) is 17.3 Å². The van der Waals surface area contributed by atoms with E-state index < -0.39 is 5.91 Å². The summed E-state index contributed by atoms with van der Waals surface area (Å²) in [6.45, 7) is 6.99. The number of hydrogen-bond acceptors (Lipinski definition) is 2. The molecule has 2 aromatic carbocycles. The lowest BCUT2D eigenvalue weighted by molar-refractivity contribution is 0.100. The van der Waals surface area contributed by atoms with E-state index in [0.717, 1.165) is 5.69 Å². The van der Waals surface area contributed by atoms with Crippen LogP contribution in [0.25, 0.3) is 0 Å². The summed E-state index contributed by atoms with van der Waals surface area (Å²) in [5.41, 5.74) is 11.5. The lowest BCUT2D eigenvalue weighted by Gasteiger charge is -2.14. The zero-order valence-electron chi connectivity index (χ0n) is 12.5. The Morgan fingerprint density at radius 3 is 2.33 bits per heavy atom. The van der Waals surface area contributed by atoms with Gasteiger partial charge >= 0.3 is 0 Å². The lowest BCUT2D eigenvalue weighted by atomic mass is 10.00. The molecule has 0 heterocycles. The summed E-state index contributed by atoms with van der Waals surface area (Å²) in [6, 6.07) is 9.54. The number of amides is 1. The summed E-state index contributed by atoms with van der Waals surface area (Å²) in [5.74, 6) is -0.522. The lowest BCUT2D eigenvalue weighted by Crippen LogP contribution is -2.12. The molecule has 4 heteroatoms. The largest absolute Gasteiger partial charge is 0.381 e. The molecule has 0 unspecified atom stereocenters. The number of carbonyl (C=O) groups is 1. The maximum atomic E-state index is 11.3. The van der Waals surface area contributed by atoms with E-state index in [0.29, 0.717) is 17.1 Å². The van der Waals surface area contributed by atoms with Crippen molar-refractivity contribution < 1.29 is 4.79 Å². The van der Waals surface area contributed by atoms with Crippen LogP contribution in [0, 0.1) is 20.8 Å². The van der Waals surface area contributed by atoms with Gasteiger partial charge in [-0.2, -0.15) is 0 Å². The first kappa shape index (κ1) is 15.4. The third-order valence-corrected chi connectivity index (χ3v) is 3.87. The molecule has 0 aromatic heterocycles. The number of halogens is 1. The van der Waals surface area contributed by atoms with E-state index in [1.807, 2.05) is 6.07 Å². The highest BCUT2D eigenvalue weighted by molar-refractivity contribution is 6.33. The van der Waals surface area contributed by atoms with Crippen molar-refractivity contribution in [1.82, 2.24) is 0 Å². The molecule has 1 amide bonds. The third-order valence-electron chi connectivity index (χ3n) is 3.54. The van der Waals surface area contributed by atoms with E-state index in [-0.39, 0.29) is 0 Å². The number of aryl methyl sites for hydroxylation is 3. The fraction of sp³-hybridized carbons (Fsp3) is 0.235. The van der Waals surface area contributed by atoms with Crippen molar-refractivity contribution >= 4 is 23.2 Å². The molecule has 3 N–H and O–H groups in total. The Bertz CT molecular complexity index is 672. The Balaban J connectivity index is 2.21. The molecular weight excluding hydrogens is 284 g/mol. The zero-order chi connectivity index (χ0) is 15.6. The molecule has 21 heavy (non-hydrogen) atoms. The molecular formula is C17H19ClN2O. The summed E-state index contributed by atoms with van der Waals surface area (Å²) in [5, 5.41) is 3.69. The molecule has 0 radical (unpaired) electrons. The van der Waals surface area contributed by atoms with Gasteiger partial charge < -0.3 is 11.1 Å². The van der Waals surface area contributed by atoms with Crippen LogP contribution < -0.4 is 11.1 Å². The fourth-order valence-electron chi connectivity index (χ4n) is 2.50. The minimum atomic E-state index is -0.522. The van der Waals surface area contributed by atoms with Gasteiger partial charge in [-0.25, -0.2) is 0 Å². The average Bonchev–Trinajstić information content (AvgIpc) is 2.38. The Labute approximate surface area is 130 Å². The van der Waals surface area contributed by atoms with Crippen LogP contribution >= 0.6 is 11.6 Å². The SMILES string of the molecule is Cc1cc(C)c(CNc2ccc(Cl)c(C(N)=O)c2)c(C)c1. The van der Waals surface area contributed by atoms with Gasteiger partial charge in [0.05, 0.1) is 10.6 Å². The molecule has 0 fully saturated rings. The van der Waals surface area contributed by atoms with Crippen LogP contribution in [0.5, 0.6) is 0 Å². The second-order valence-corrected chi connectivity index (χ2v) is 5.70. The predicted molar refractivity (Wildman–Crippen MR) is 87.9 cm³/mol. The van der Waals surface area contributed by atoms with Gasteiger partial charge in [0.1, 0.15) is 0 Å². The van der Waals surface area contributed by atoms with Gasteiger partial charge in [0.25, 0.3) is 0 Å². The number of nitrogens with one attached hydrogen (secondary N) is 1. The van der Waals surface area contributed by atoms with Crippen LogP contribution in [-0.2, 0) is 6.54 Å². The standard InChI is InChI=1S/C17H19ClN2O/c1-10-6-11(2)15(12(3)7-10)9-20-13-4-5-16(18)14(8-13)17(19)21/h4-8,20H,9H2,1-3H3,(H2,19,21). The predicted octanol–water partition coefficient (Wildman–Crippen LogP) is 3.98. The van der Waals surface area contributed by atoms with Crippen LogP contribution in [0.1, 0.15) is 32.6 Å². The van der Waals surface area contributed by atoms with Gasteiger partial charge in [-0.15, -0.1) is 0 Å². The smallest absolute Gasteiger partial charge is 0.250 e. The zero-order valence-corrected chi connectivity index (χ0v) is 13.2. The van der Waals surface area contributed by atoms with E-state index in [2.05, 4.69) is 38.2 Å². The van der Waals surface area contributed by atoms with E-state index >= 15 is 0 Å². The van der Waals surface area contributed by atoms with Gasteiger partial charge in [-0.05, 0) is 55.7 Å². The maximum Gasteiger partial charge on any atom is 0.250 e. The number of nitrogens with two attached hydrogens (primary N) is 1. The molecule has 0 bridgehead atoms. The van der Waals surface area contributed by atoms with Crippen molar-refractivity contribution in [2.24, 2.45) is 5.73 Å². The Hall–Kier alpha value is -2.00. The Kier molecular flexibility index (Phi) is 4.53. The monoisotopic (exact) mass is 302 g/mol. The van der Waals surface area contributed by atoms with Crippen molar-refractivity contribution in [3.63, 3.8) is 0 Å². The number of hydrogen-bond donors (Lipinski definition) is 2. The highest BCUT2D eigenvalue weighted by Gasteiger charge is 2.08. The first-order valence-electron chi connectivity index (χ1n) is 6.78. The highest BCUT2D eigenvalue weighted by atomic mass is 35.5. The number of rotatable bonds is 4. The molecule has 0 aliphatic heterocycles. The first-order valence-corrected chi connectivity index (χ1v) is 7.16. The molecule has 0 spiro atoms. The Morgan fingerprint density at radius 2 is 1.76 bits per heavy atom. The first-order chi connectivity index (χ1) is 9.88. The summed E-state index contributed by atoms with van der Waals surface area (Å²) < 4.78 is 0. The molecule has 0 saturated carbocycles. The summed E-state index contributed by atoms with van der Waals surface area (Å²) in [4.78, 5) is 11.3. The number of benzene rings is 2.